The molecule has 0 unspecified atom stereocenters. The predicted octanol–water partition coefficient (Wildman–Crippen LogP) is 9.37. The van der Waals surface area contributed by atoms with Gasteiger partial charge in [-0.05, 0) is 89.8 Å². The Kier molecular flexibility index (Phi) is 11.7. The number of nitrogens with zero attached hydrogens (tertiary/aromatic N) is 2. The van der Waals surface area contributed by atoms with Crippen LogP contribution in [0.2, 0.25) is 0 Å². The Labute approximate surface area is 318 Å². The van der Waals surface area contributed by atoms with Gasteiger partial charge in [-0.25, -0.2) is 9.97 Å². The summed E-state index contributed by atoms with van der Waals surface area (Å²) < 4.78 is 10.6. The van der Waals surface area contributed by atoms with E-state index in [0.717, 1.165) is 73.6 Å². The van der Waals surface area contributed by atoms with E-state index < -0.39 is 0 Å². The molecule has 276 valence electrons. The predicted molar refractivity (Wildman–Crippen MR) is 217 cm³/mol. The van der Waals surface area contributed by atoms with E-state index in [-0.39, 0.29) is 35.2 Å². The molecule has 53 heavy (non-hydrogen) atoms. The number of nitrogens with one attached hydrogen (secondary N) is 4. The van der Waals surface area contributed by atoms with E-state index in [0.29, 0.717) is 10.3 Å². The topological polar surface area (TPSA) is 134 Å². The second-order valence-electron chi connectivity index (χ2n) is 13.8. The number of methoxy groups -OCH3 is 2. The van der Waals surface area contributed by atoms with E-state index in [2.05, 4.69) is 96.4 Å². The number of H-pyrrole nitrogens is 2. The summed E-state index contributed by atoms with van der Waals surface area (Å²) in [6.07, 6.45) is 0.725. The molecule has 2 heterocycles. The fraction of sp³-hybridized carbons (Fsp3) is 0.317. The SMILES string of the molecule is COc1ccc2nc(SCC(=O)Nc3c(C)cc(Cc4cc(C)c(NC(=O)CSc5nc6ccc(OC)cc6[nH]5)c(C(C)C)c4)cc3C(C)C)[nH]c2c1. The summed E-state index contributed by atoms with van der Waals surface area (Å²) in [6, 6.07) is 20.1. The number of aromatic amines is 2. The number of imidazole rings is 2. The van der Waals surface area contributed by atoms with Crippen LogP contribution in [0, 0.1) is 13.8 Å². The Hall–Kier alpha value is -4.94. The van der Waals surface area contributed by atoms with Gasteiger partial charge >= 0.3 is 0 Å². The molecule has 0 radical (unpaired) electrons. The number of aryl methyl sites for hydroxylation is 2. The molecule has 0 saturated carbocycles. The Morgan fingerprint density at radius 1 is 0.660 bits per heavy atom. The van der Waals surface area contributed by atoms with Crippen molar-refractivity contribution in [2.24, 2.45) is 0 Å². The Balaban J connectivity index is 1.12. The Bertz CT molecular complexity index is 2130. The molecule has 0 saturated heterocycles. The van der Waals surface area contributed by atoms with Crippen molar-refractivity contribution >= 4 is 68.8 Å². The van der Waals surface area contributed by atoms with Crippen molar-refractivity contribution in [1.29, 1.82) is 0 Å². The zero-order valence-electron chi connectivity index (χ0n) is 31.4. The number of hydrogen-bond acceptors (Lipinski definition) is 8. The lowest BCUT2D eigenvalue weighted by Crippen LogP contribution is -2.17. The van der Waals surface area contributed by atoms with Crippen LogP contribution in [0.4, 0.5) is 11.4 Å². The average molecular weight is 751 g/mol. The van der Waals surface area contributed by atoms with Crippen LogP contribution in [0.25, 0.3) is 22.1 Å². The van der Waals surface area contributed by atoms with Crippen LogP contribution in [0.15, 0.2) is 71.0 Å². The molecule has 6 aromatic rings. The van der Waals surface area contributed by atoms with Gasteiger partial charge in [0.25, 0.3) is 0 Å². The van der Waals surface area contributed by atoms with Crippen LogP contribution in [-0.4, -0.2) is 57.5 Å². The van der Waals surface area contributed by atoms with Gasteiger partial charge in [0.2, 0.25) is 11.8 Å². The lowest BCUT2D eigenvalue weighted by molar-refractivity contribution is -0.114. The first-order valence-electron chi connectivity index (χ1n) is 17.6. The monoisotopic (exact) mass is 750 g/mol. The number of carbonyl (C=O) groups is 2. The standard InChI is InChI=1S/C41H46N6O4S2/c1-22(2)30-16-26(13-24(5)38(30)46-36(48)20-52-40-42-32-11-9-28(50-7)18-34(32)44-40)15-27-14-25(6)39(31(17-27)23(3)4)47-37(49)21-53-41-43-33-12-10-29(51-8)19-35(33)45-41/h9-14,16-19,22-23H,15,20-21H2,1-8H3,(H,42,44)(H,43,45)(H,46,48)(H,47,49). The quantitative estimate of drug-likeness (QED) is 0.0810. The lowest BCUT2D eigenvalue weighted by atomic mass is 9.90. The second-order valence-corrected chi connectivity index (χ2v) is 15.7. The summed E-state index contributed by atoms with van der Waals surface area (Å²) in [5, 5.41) is 7.75. The highest BCUT2D eigenvalue weighted by atomic mass is 32.2. The summed E-state index contributed by atoms with van der Waals surface area (Å²) in [5.74, 6) is 2.18. The maximum Gasteiger partial charge on any atom is 0.234 e. The van der Waals surface area contributed by atoms with E-state index in [9.17, 15) is 9.59 Å². The number of ether oxygens (including phenoxy) is 2. The third-order valence-electron chi connectivity index (χ3n) is 9.05. The third-order valence-corrected chi connectivity index (χ3v) is 10.8. The molecular weight excluding hydrogens is 705 g/mol. The van der Waals surface area contributed by atoms with Gasteiger partial charge in [-0.15, -0.1) is 0 Å². The minimum Gasteiger partial charge on any atom is -0.497 e. The number of benzene rings is 4. The van der Waals surface area contributed by atoms with Gasteiger partial charge in [0.05, 0.1) is 47.8 Å². The van der Waals surface area contributed by atoms with Crippen LogP contribution in [-0.2, 0) is 16.0 Å². The normalized spacial score (nSPS) is 11.5. The number of fused-ring (bicyclic) bond motifs is 2. The molecule has 0 fully saturated rings. The van der Waals surface area contributed by atoms with E-state index in [1.165, 1.54) is 34.7 Å². The van der Waals surface area contributed by atoms with Crippen molar-refractivity contribution in [2.45, 2.75) is 70.1 Å². The number of rotatable bonds is 14. The first kappa shape index (κ1) is 37.8. The molecule has 0 bridgehead atoms. The van der Waals surface area contributed by atoms with Crippen LogP contribution in [0.3, 0.4) is 0 Å². The summed E-state index contributed by atoms with van der Waals surface area (Å²) in [7, 11) is 3.26. The lowest BCUT2D eigenvalue weighted by Gasteiger charge is -2.20. The van der Waals surface area contributed by atoms with E-state index in [4.69, 9.17) is 9.47 Å². The molecule has 0 aliphatic carbocycles. The van der Waals surface area contributed by atoms with Crippen LogP contribution < -0.4 is 20.1 Å². The minimum absolute atomic E-state index is 0.0859. The maximum atomic E-state index is 13.2. The second kappa shape index (κ2) is 16.4. The van der Waals surface area contributed by atoms with Crippen molar-refractivity contribution in [3.8, 4) is 11.5 Å². The van der Waals surface area contributed by atoms with Crippen molar-refractivity contribution < 1.29 is 19.1 Å². The summed E-state index contributed by atoms with van der Waals surface area (Å²) in [6.45, 7) is 12.7. The Morgan fingerprint density at radius 2 is 1.08 bits per heavy atom. The molecule has 2 aromatic heterocycles. The third kappa shape index (κ3) is 9.00. The average Bonchev–Trinajstić information content (AvgIpc) is 3.74. The molecule has 2 amide bonds. The summed E-state index contributed by atoms with van der Waals surface area (Å²) >= 11 is 2.74. The van der Waals surface area contributed by atoms with Crippen LogP contribution in [0.5, 0.6) is 11.5 Å². The van der Waals surface area contributed by atoms with E-state index in [1.54, 1.807) is 14.2 Å². The van der Waals surface area contributed by atoms with Gasteiger partial charge in [0.1, 0.15) is 11.5 Å². The molecule has 0 atom stereocenters. The van der Waals surface area contributed by atoms with Crippen molar-refractivity contribution in [1.82, 2.24) is 19.9 Å². The molecular formula is C41H46N6O4S2. The zero-order valence-corrected chi connectivity index (χ0v) is 33.0. The highest BCUT2D eigenvalue weighted by Gasteiger charge is 2.18. The smallest absolute Gasteiger partial charge is 0.234 e. The molecule has 4 N–H and O–H groups in total. The number of carbonyl (C=O) groups excluding carboxylic acids is 2. The van der Waals surface area contributed by atoms with Crippen molar-refractivity contribution in [2.75, 3.05) is 36.4 Å². The van der Waals surface area contributed by atoms with Crippen molar-refractivity contribution in [3.63, 3.8) is 0 Å². The fourth-order valence-electron chi connectivity index (χ4n) is 6.42. The molecule has 12 heteroatoms. The number of hydrogen-bond donors (Lipinski definition) is 4. The van der Waals surface area contributed by atoms with Gasteiger partial charge in [-0.1, -0.05) is 75.5 Å². The van der Waals surface area contributed by atoms with Crippen LogP contribution in [0.1, 0.15) is 72.9 Å². The molecule has 0 spiro atoms. The maximum absolute atomic E-state index is 13.2. The number of aromatic nitrogens is 4. The first-order chi connectivity index (χ1) is 25.4. The minimum atomic E-state index is -0.0859. The summed E-state index contributed by atoms with van der Waals surface area (Å²) in [4.78, 5) is 42.1. The molecule has 6 rings (SSSR count). The van der Waals surface area contributed by atoms with Gasteiger partial charge in [-0.3, -0.25) is 9.59 Å². The van der Waals surface area contributed by atoms with Crippen molar-refractivity contribution in [3.05, 3.63) is 94.0 Å². The zero-order chi connectivity index (χ0) is 37.8. The fourth-order valence-corrected chi connectivity index (χ4v) is 7.79. The number of thioether (sulfide) groups is 2. The van der Waals surface area contributed by atoms with Gasteiger partial charge in [-0.2, -0.15) is 0 Å². The first-order valence-corrected chi connectivity index (χ1v) is 19.6. The van der Waals surface area contributed by atoms with Gasteiger partial charge in [0, 0.05) is 23.5 Å². The molecule has 0 aliphatic heterocycles. The van der Waals surface area contributed by atoms with E-state index in [1.807, 2.05) is 36.4 Å². The summed E-state index contributed by atoms with van der Waals surface area (Å²) in [5.41, 5.74) is 11.7. The molecule has 4 aromatic carbocycles. The van der Waals surface area contributed by atoms with Gasteiger partial charge < -0.3 is 30.1 Å². The number of amides is 2. The highest BCUT2D eigenvalue weighted by Crippen LogP contribution is 2.34. The van der Waals surface area contributed by atoms with Crippen LogP contribution >= 0.6 is 23.5 Å². The highest BCUT2D eigenvalue weighted by molar-refractivity contribution is 8.00. The van der Waals surface area contributed by atoms with Gasteiger partial charge in [0.15, 0.2) is 10.3 Å². The molecule has 10 nitrogen and oxygen atoms in total. The molecule has 0 aliphatic rings. The largest absolute Gasteiger partial charge is 0.497 e. The Morgan fingerprint density at radius 3 is 1.45 bits per heavy atom. The van der Waals surface area contributed by atoms with E-state index >= 15 is 0 Å². The number of anilines is 2.